The molecule has 1 unspecified atom stereocenters. The summed E-state index contributed by atoms with van der Waals surface area (Å²) in [7, 11) is 1.62. The van der Waals surface area contributed by atoms with Crippen LogP contribution in [0.5, 0.6) is 5.75 Å². The molecule has 3 aromatic carbocycles. The Morgan fingerprint density at radius 2 is 1.65 bits per heavy atom. The van der Waals surface area contributed by atoms with Crippen LogP contribution in [0.25, 0.3) is 16.6 Å². The Bertz CT molecular complexity index is 1500. The van der Waals surface area contributed by atoms with Gasteiger partial charge in [0.05, 0.1) is 35.8 Å². The van der Waals surface area contributed by atoms with E-state index in [-0.39, 0.29) is 16.9 Å². The summed E-state index contributed by atoms with van der Waals surface area (Å²) in [4.78, 5) is 34.8. The Hall–Kier alpha value is -3.97. The first-order valence-electron chi connectivity index (χ1n) is 13.8. The molecule has 7 heteroatoms. The third-order valence-electron chi connectivity index (χ3n) is 7.06. The van der Waals surface area contributed by atoms with Crippen molar-refractivity contribution in [1.82, 2.24) is 14.5 Å². The average molecular weight is 542 g/mol. The zero-order chi connectivity index (χ0) is 28.9. The van der Waals surface area contributed by atoms with E-state index in [1.807, 2.05) is 80.6 Å². The summed E-state index contributed by atoms with van der Waals surface area (Å²) < 4.78 is 12.6. The fourth-order valence-electron chi connectivity index (χ4n) is 4.89. The van der Waals surface area contributed by atoms with Crippen molar-refractivity contribution in [2.45, 2.75) is 52.5 Å². The van der Waals surface area contributed by atoms with E-state index in [4.69, 9.17) is 14.5 Å². The second-order valence-corrected chi connectivity index (χ2v) is 10.8. The number of hydrogen-bond acceptors (Lipinski definition) is 5. The number of para-hydroxylation sites is 1. The van der Waals surface area contributed by atoms with E-state index in [0.29, 0.717) is 54.2 Å². The third kappa shape index (κ3) is 6.10. The number of nitrogens with zero attached hydrogens (tertiary/aromatic N) is 3. The Kier molecular flexibility index (Phi) is 9.05. The highest BCUT2D eigenvalue weighted by molar-refractivity contribution is 5.94. The molecule has 0 saturated carbocycles. The highest BCUT2D eigenvalue weighted by Gasteiger charge is 2.30. The van der Waals surface area contributed by atoms with Gasteiger partial charge < -0.3 is 14.4 Å². The molecule has 0 N–H and O–H groups in total. The summed E-state index contributed by atoms with van der Waals surface area (Å²) >= 11 is 0. The van der Waals surface area contributed by atoms with Crippen LogP contribution in [0.1, 0.15) is 68.8 Å². The minimum Gasteiger partial charge on any atom is -0.494 e. The molecule has 0 aliphatic heterocycles. The molecule has 0 radical (unpaired) electrons. The molecule has 1 aromatic heterocycles. The van der Waals surface area contributed by atoms with E-state index in [2.05, 4.69) is 20.8 Å². The van der Waals surface area contributed by atoms with Crippen LogP contribution < -0.4 is 10.3 Å². The molecule has 40 heavy (non-hydrogen) atoms. The lowest BCUT2D eigenvalue weighted by Gasteiger charge is -2.32. The lowest BCUT2D eigenvalue weighted by atomic mass is 9.86. The van der Waals surface area contributed by atoms with Gasteiger partial charge in [-0.2, -0.15) is 0 Å². The molecule has 1 heterocycles. The van der Waals surface area contributed by atoms with Crippen LogP contribution >= 0.6 is 0 Å². The van der Waals surface area contributed by atoms with Gasteiger partial charge in [0.1, 0.15) is 11.6 Å². The van der Waals surface area contributed by atoms with Crippen molar-refractivity contribution >= 4 is 16.8 Å². The minimum absolute atomic E-state index is 0.0218. The quantitative estimate of drug-likeness (QED) is 0.235. The van der Waals surface area contributed by atoms with Crippen molar-refractivity contribution < 1.29 is 14.3 Å². The predicted octanol–water partition coefficient (Wildman–Crippen LogP) is 6.32. The molecule has 0 saturated heterocycles. The van der Waals surface area contributed by atoms with E-state index >= 15 is 0 Å². The molecule has 0 fully saturated rings. The Morgan fingerprint density at radius 1 is 0.975 bits per heavy atom. The fraction of sp³-hybridized carbons (Fsp3) is 0.364. The van der Waals surface area contributed by atoms with Gasteiger partial charge in [-0.1, -0.05) is 52.0 Å². The van der Waals surface area contributed by atoms with Gasteiger partial charge in [0, 0.05) is 19.2 Å². The Morgan fingerprint density at radius 3 is 2.25 bits per heavy atom. The maximum atomic E-state index is 14.0. The van der Waals surface area contributed by atoms with Crippen molar-refractivity contribution in [2.75, 3.05) is 26.9 Å². The molecule has 0 bridgehead atoms. The largest absolute Gasteiger partial charge is 0.494 e. The van der Waals surface area contributed by atoms with Gasteiger partial charge in [0.25, 0.3) is 11.5 Å². The van der Waals surface area contributed by atoms with Gasteiger partial charge >= 0.3 is 0 Å². The molecular weight excluding hydrogens is 502 g/mol. The van der Waals surface area contributed by atoms with Gasteiger partial charge in [-0.25, -0.2) is 4.98 Å². The van der Waals surface area contributed by atoms with E-state index in [0.717, 1.165) is 11.3 Å². The molecule has 1 amide bonds. The van der Waals surface area contributed by atoms with E-state index < -0.39 is 6.04 Å². The zero-order valence-electron chi connectivity index (χ0n) is 24.3. The summed E-state index contributed by atoms with van der Waals surface area (Å²) in [5.74, 6) is 1.09. The number of carbonyl (C=O) groups excluding carboxylic acids is 1. The number of amides is 1. The van der Waals surface area contributed by atoms with Gasteiger partial charge in [-0.05, 0) is 72.9 Å². The highest BCUT2D eigenvalue weighted by Crippen LogP contribution is 2.29. The second-order valence-electron chi connectivity index (χ2n) is 10.8. The van der Waals surface area contributed by atoms with Crippen LogP contribution in [0.15, 0.2) is 77.6 Å². The number of fused-ring (bicyclic) bond motifs is 1. The van der Waals surface area contributed by atoms with Crippen LogP contribution in [0, 0.1) is 0 Å². The Balaban J connectivity index is 1.87. The first-order chi connectivity index (χ1) is 19.2. The fourth-order valence-corrected chi connectivity index (χ4v) is 4.89. The van der Waals surface area contributed by atoms with Crippen molar-refractivity contribution in [2.24, 2.45) is 0 Å². The van der Waals surface area contributed by atoms with Crippen LogP contribution in [0.4, 0.5) is 0 Å². The van der Waals surface area contributed by atoms with Crippen molar-refractivity contribution in [3.05, 3.63) is 100 Å². The maximum Gasteiger partial charge on any atom is 0.266 e. The molecule has 0 spiro atoms. The molecule has 210 valence electrons. The number of benzene rings is 3. The SMILES string of the molecule is CCOc1ccc(-n2c(C(CC)N(CCOC)C(=O)c3ccc(C(C)(C)C)cc3)nc3ccccc3c2=O)cc1. The van der Waals surface area contributed by atoms with Crippen molar-refractivity contribution in [3.8, 4) is 11.4 Å². The second kappa shape index (κ2) is 12.5. The molecule has 7 nitrogen and oxygen atoms in total. The summed E-state index contributed by atoms with van der Waals surface area (Å²) in [5, 5.41) is 0.516. The van der Waals surface area contributed by atoms with Crippen LogP contribution in [-0.2, 0) is 10.2 Å². The van der Waals surface area contributed by atoms with Crippen molar-refractivity contribution in [3.63, 3.8) is 0 Å². The normalized spacial score (nSPS) is 12.3. The van der Waals surface area contributed by atoms with Crippen LogP contribution in [0.2, 0.25) is 0 Å². The predicted molar refractivity (Wildman–Crippen MR) is 160 cm³/mol. The number of methoxy groups -OCH3 is 1. The topological polar surface area (TPSA) is 73.7 Å². The van der Waals surface area contributed by atoms with Gasteiger partial charge in [-0.3, -0.25) is 14.2 Å². The van der Waals surface area contributed by atoms with E-state index in [1.54, 1.807) is 22.6 Å². The zero-order valence-corrected chi connectivity index (χ0v) is 24.3. The summed E-state index contributed by atoms with van der Waals surface area (Å²) in [6, 6.07) is 22.0. The molecular formula is C33H39N3O4. The summed E-state index contributed by atoms with van der Waals surface area (Å²) in [5.41, 5.74) is 2.78. The maximum absolute atomic E-state index is 14.0. The lowest BCUT2D eigenvalue weighted by molar-refractivity contribution is 0.0579. The number of hydrogen-bond donors (Lipinski definition) is 0. The number of ether oxygens (including phenoxy) is 2. The monoisotopic (exact) mass is 541 g/mol. The summed E-state index contributed by atoms with van der Waals surface area (Å²) in [6.07, 6.45) is 0.553. The number of aromatic nitrogens is 2. The standard InChI is InChI=1S/C33H39N3O4/c1-7-29(35(21-22-39-6)31(37)23-13-15-24(16-14-23)33(3,4)5)30-34-28-12-10-9-11-27(28)32(38)36(30)25-17-19-26(20-18-25)40-8-2/h9-20,29H,7-8,21-22H2,1-6H3. The van der Waals surface area contributed by atoms with Gasteiger partial charge in [0.15, 0.2) is 0 Å². The third-order valence-corrected chi connectivity index (χ3v) is 7.06. The number of carbonyl (C=O) groups is 1. The number of rotatable bonds is 10. The molecule has 0 aliphatic rings. The average Bonchev–Trinajstić information content (AvgIpc) is 2.95. The molecule has 1 atom stereocenters. The van der Waals surface area contributed by atoms with E-state index in [9.17, 15) is 9.59 Å². The highest BCUT2D eigenvalue weighted by atomic mass is 16.5. The van der Waals surface area contributed by atoms with Gasteiger partial charge in [0.2, 0.25) is 0 Å². The molecule has 4 aromatic rings. The lowest BCUT2D eigenvalue weighted by Crippen LogP contribution is -2.40. The smallest absolute Gasteiger partial charge is 0.266 e. The Labute approximate surface area is 236 Å². The molecule has 0 aliphatic carbocycles. The van der Waals surface area contributed by atoms with Crippen molar-refractivity contribution in [1.29, 1.82) is 0 Å². The van der Waals surface area contributed by atoms with Crippen LogP contribution in [0.3, 0.4) is 0 Å². The first-order valence-corrected chi connectivity index (χ1v) is 13.8. The molecule has 4 rings (SSSR count). The van der Waals surface area contributed by atoms with E-state index in [1.165, 1.54) is 0 Å². The minimum atomic E-state index is -0.478. The van der Waals surface area contributed by atoms with Gasteiger partial charge in [-0.15, -0.1) is 0 Å². The first kappa shape index (κ1) is 29.0. The van der Waals surface area contributed by atoms with Crippen LogP contribution in [-0.4, -0.2) is 47.2 Å². The summed E-state index contributed by atoms with van der Waals surface area (Å²) in [6.45, 7) is 11.6.